The number of ether oxygens (including phenoxy) is 1. The summed E-state index contributed by atoms with van der Waals surface area (Å²) in [6, 6.07) is 5.82. The number of rotatable bonds is 1. The zero-order valence-electron chi connectivity index (χ0n) is 16.0. The van der Waals surface area contributed by atoms with Crippen molar-refractivity contribution in [1.29, 1.82) is 0 Å². The van der Waals surface area contributed by atoms with E-state index in [0.717, 1.165) is 28.7 Å². The molecule has 2 bridgehead atoms. The van der Waals surface area contributed by atoms with Gasteiger partial charge in [0.05, 0.1) is 12.1 Å². The maximum atomic E-state index is 12.5. The second kappa shape index (κ2) is 5.98. The van der Waals surface area contributed by atoms with E-state index in [9.17, 15) is 4.79 Å². The molecule has 0 N–H and O–H groups in total. The lowest BCUT2D eigenvalue weighted by molar-refractivity contribution is 0.0214. The SMILES string of the molecule is CC(C)(C)OC(=O)N1C[C@H]2C[C@@H]1CN2c1ncnc2c1oc1ccc(Cl)cc12. The van der Waals surface area contributed by atoms with Crippen LogP contribution >= 0.6 is 11.6 Å². The van der Waals surface area contributed by atoms with Crippen LogP contribution in [0.1, 0.15) is 27.2 Å². The van der Waals surface area contributed by atoms with Crippen LogP contribution in [-0.4, -0.2) is 51.7 Å². The van der Waals surface area contributed by atoms with Crippen LogP contribution in [0.2, 0.25) is 5.02 Å². The summed E-state index contributed by atoms with van der Waals surface area (Å²) in [6.07, 6.45) is 2.22. The normalized spacial score (nSPS) is 21.9. The highest BCUT2D eigenvalue weighted by atomic mass is 35.5. The second-order valence-electron chi connectivity index (χ2n) is 8.45. The van der Waals surface area contributed by atoms with Crippen LogP contribution in [-0.2, 0) is 4.74 Å². The lowest BCUT2D eigenvalue weighted by Gasteiger charge is -2.35. The van der Waals surface area contributed by atoms with Crippen molar-refractivity contribution in [2.75, 3.05) is 18.0 Å². The van der Waals surface area contributed by atoms with Crippen molar-refractivity contribution in [3.05, 3.63) is 29.5 Å². The van der Waals surface area contributed by atoms with Gasteiger partial charge < -0.3 is 19.0 Å². The predicted octanol–water partition coefficient (Wildman–Crippen LogP) is 4.23. The van der Waals surface area contributed by atoms with Crippen molar-refractivity contribution in [2.24, 2.45) is 0 Å². The molecule has 4 heterocycles. The lowest BCUT2D eigenvalue weighted by Crippen LogP contribution is -2.50. The standard InChI is InChI=1S/C20H21ClN4O3/c1-20(2,3)28-19(26)25-9-12-7-13(25)8-24(12)18-17-16(22-10-23-18)14-6-11(21)4-5-15(14)27-17/h4-6,10,12-13H,7-9H2,1-3H3/t12-,13-/m1/s1. The molecule has 1 amide bonds. The molecule has 5 rings (SSSR count). The number of furan rings is 1. The highest BCUT2D eigenvalue weighted by molar-refractivity contribution is 6.31. The first-order valence-corrected chi connectivity index (χ1v) is 9.77. The molecule has 3 aromatic rings. The van der Waals surface area contributed by atoms with Crippen molar-refractivity contribution in [2.45, 2.75) is 44.9 Å². The molecular weight excluding hydrogens is 380 g/mol. The van der Waals surface area contributed by atoms with Gasteiger partial charge in [-0.1, -0.05) is 11.6 Å². The lowest BCUT2D eigenvalue weighted by atomic mass is 10.2. The molecule has 2 aromatic heterocycles. The molecule has 146 valence electrons. The van der Waals surface area contributed by atoms with Gasteiger partial charge in [-0.15, -0.1) is 0 Å². The van der Waals surface area contributed by atoms with Gasteiger partial charge in [-0.2, -0.15) is 0 Å². The number of fused-ring (bicyclic) bond motifs is 5. The Morgan fingerprint density at radius 3 is 2.79 bits per heavy atom. The third-order valence-corrected chi connectivity index (χ3v) is 5.57. The topological polar surface area (TPSA) is 71.7 Å². The van der Waals surface area contributed by atoms with Gasteiger partial charge in [0.25, 0.3) is 0 Å². The summed E-state index contributed by atoms with van der Waals surface area (Å²) in [4.78, 5) is 25.5. The number of aromatic nitrogens is 2. The van der Waals surface area contributed by atoms with E-state index in [0.29, 0.717) is 23.7 Å². The molecule has 0 radical (unpaired) electrons. The van der Waals surface area contributed by atoms with E-state index in [1.807, 2.05) is 37.8 Å². The first kappa shape index (κ1) is 17.6. The van der Waals surface area contributed by atoms with Gasteiger partial charge in [0.15, 0.2) is 11.4 Å². The maximum absolute atomic E-state index is 12.5. The zero-order chi connectivity index (χ0) is 19.6. The summed E-state index contributed by atoms with van der Waals surface area (Å²) in [5.41, 5.74) is 1.67. The minimum Gasteiger partial charge on any atom is -0.450 e. The smallest absolute Gasteiger partial charge is 0.410 e. The Labute approximate surface area is 167 Å². The van der Waals surface area contributed by atoms with E-state index in [2.05, 4.69) is 14.9 Å². The van der Waals surface area contributed by atoms with E-state index >= 15 is 0 Å². The molecular formula is C20H21ClN4O3. The van der Waals surface area contributed by atoms with Crippen LogP contribution < -0.4 is 4.90 Å². The Kier molecular flexibility index (Phi) is 3.75. The summed E-state index contributed by atoms with van der Waals surface area (Å²) >= 11 is 6.14. The number of anilines is 1. The minimum absolute atomic E-state index is 0.115. The number of nitrogens with zero attached hydrogens (tertiary/aromatic N) is 4. The average Bonchev–Trinajstić information content (AvgIpc) is 3.31. The quantitative estimate of drug-likeness (QED) is 0.608. The molecule has 0 aliphatic carbocycles. The van der Waals surface area contributed by atoms with Crippen LogP contribution in [0, 0.1) is 0 Å². The number of piperazine rings is 1. The summed E-state index contributed by atoms with van der Waals surface area (Å²) in [5, 5.41) is 1.52. The van der Waals surface area contributed by atoms with Crippen molar-refractivity contribution < 1.29 is 13.9 Å². The maximum Gasteiger partial charge on any atom is 0.410 e. The van der Waals surface area contributed by atoms with Crippen LogP contribution in [0.3, 0.4) is 0 Å². The van der Waals surface area contributed by atoms with E-state index in [1.54, 1.807) is 12.4 Å². The number of hydrogen-bond acceptors (Lipinski definition) is 6. The van der Waals surface area contributed by atoms with Crippen LogP contribution in [0.5, 0.6) is 0 Å². The molecule has 0 unspecified atom stereocenters. The summed E-state index contributed by atoms with van der Waals surface area (Å²) in [7, 11) is 0. The number of carbonyl (C=O) groups excluding carboxylic acids is 1. The zero-order valence-corrected chi connectivity index (χ0v) is 16.7. The summed E-state index contributed by atoms with van der Waals surface area (Å²) in [5.74, 6) is 0.772. The Balaban J connectivity index is 1.46. The number of hydrogen-bond donors (Lipinski definition) is 0. The molecule has 28 heavy (non-hydrogen) atoms. The molecule has 2 saturated heterocycles. The molecule has 0 spiro atoms. The molecule has 8 heteroatoms. The van der Waals surface area contributed by atoms with Gasteiger partial charge in [-0.25, -0.2) is 14.8 Å². The van der Waals surface area contributed by atoms with Crippen LogP contribution in [0.4, 0.5) is 10.6 Å². The van der Waals surface area contributed by atoms with Gasteiger partial charge in [0.1, 0.15) is 23.0 Å². The molecule has 7 nitrogen and oxygen atoms in total. The highest BCUT2D eigenvalue weighted by Crippen LogP contribution is 2.39. The second-order valence-corrected chi connectivity index (χ2v) is 8.88. The largest absolute Gasteiger partial charge is 0.450 e. The number of halogens is 1. The van der Waals surface area contributed by atoms with Crippen molar-refractivity contribution in [3.63, 3.8) is 0 Å². The van der Waals surface area contributed by atoms with Crippen LogP contribution in [0.15, 0.2) is 28.9 Å². The first-order valence-electron chi connectivity index (χ1n) is 9.39. The van der Waals surface area contributed by atoms with Gasteiger partial charge in [-0.05, 0) is 45.4 Å². The average molecular weight is 401 g/mol. The number of carbonyl (C=O) groups is 1. The molecule has 0 saturated carbocycles. The summed E-state index contributed by atoms with van der Waals surface area (Å²) in [6.45, 7) is 6.98. The van der Waals surface area contributed by atoms with E-state index in [4.69, 9.17) is 20.8 Å². The van der Waals surface area contributed by atoms with Crippen molar-refractivity contribution in [1.82, 2.24) is 14.9 Å². The molecule has 1 aromatic carbocycles. The van der Waals surface area contributed by atoms with Crippen molar-refractivity contribution >= 4 is 45.6 Å². The highest BCUT2D eigenvalue weighted by Gasteiger charge is 2.47. The molecule has 2 fully saturated rings. The summed E-state index contributed by atoms with van der Waals surface area (Å²) < 4.78 is 11.6. The molecule has 2 aliphatic heterocycles. The Morgan fingerprint density at radius 2 is 2.07 bits per heavy atom. The van der Waals surface area contributed by atoms with Gasteiger partial charge in [0.2, 0.25) is 0 Å². The Bertz CT molecular complexity index is 1090. The minimum atomic E-state index is -0.493. The molecule has 2 aliphatic rings. The fourth-order valence-corrected chi connectivity index (χ4v) is 4.38. The Hall–Kier alpha value is -2.54. The number of amides is 1. The predicted molar refractivity (Wildman–Crippen MR) is 107 cm³/mol. The fourth-order valence-electron chi connectivity index (χ4n) is 4.21. The third kappa shape index (κ3) is 2.76. The van der Waals surface area contributed by atoms with E-state index < -0.39 is 5.60 Å². The molecule has 2 atom stereocenters. The van der Waals surface area contributed by atoms with Gasteiger partial charge in [0, 0.05) is 23.5 Å². The third-order valence-electron chi connectivity index (χ3n) is 5.33. The number of likely N-dealkylation sites (tertiary alicyclic amines) is 1. The monoisotopic (exact) mass is 400 g/mol. The van der Waals surface area contributed by atoms with E-state index in [-0.39, 0.29) is 18.2 Å². The first-order chi connectivity index (χ1) is 13.3. The fraction of sp³-hybridized carbons (Fsp3) is 0.450. The van der Waals surface area contributed by atoms with E-state index in [1.165, 1.54) is 0 Å². The van der Waals surface area contributed by atoms with Crippen molar-refractivity contribution in [3.8, 4) is 0 Å². The van der Waals surface area contributed by atoms with Gasteiger partial charge >= 0.3 is 6.09 Å². The van der Waals surface area contributed by atoms with Crippen LogP contribution in [0.25, 0.3) is 22.1 Å². The number of benzene rings is 1. The Morgan fingerprint density at radius 1 is 1.25 bits per heavy atom. The van der Waals surface area contributed by atoms with Gasteiger partial charge in [-0.3, -0.25) is 0 Å².